The predicted molar refractivity (Wildman–Crippen MR) is 64.0 cm³/mol. The minimum absolute atomic E-state index is 0.214. The average Bonchev–Trinajstić information content (AvgIpc) is 2.46. The van der Waals surface area contributed by atoms with Crippen LogP contribution in [0.2, 0.25) is 0 Å². The van der Waals surface area contributed by atoms with Crippen molar-refractivity contribution in [3.63, 3.8) is 0 Å². The maximum atomic E-state index is 8.96. The second-order valence-electron chi connectivity index (χ2n) is 4.89. The molecule has 0 bridgehead atoms. The molecule has 15 heavy (non-hydrogen) atoms. The van der Waals surface area contributed by atoms with Crippen molar-refractivity contribution >= 4 is 0 Å². The molecule has 1 aliphatic heterocycles. The number of nitrogens with one attached hydrogen (secondary N) is 2. The largest absolute Gasteiger partial charge is 0.395 e. The van der Waals surface area contributed by atoms with E-state index in [1.54, 1.807) is 0 Å². The minimum atomic E-state index is 0.214. The van der Waals surface area contributed by atoms with E-state index in [0.29, 0.717) is 12.1 Å². The summed E-state index contributed by atoms with van der Waals surface area (Å²) in [6, 6.07) is 1.37. The number of rotatable bonds is 5. The van der Waals surface area contributed by atoms with E-state index in [2.05, 4.69) is 17.6 Å². The van der Waals surface area contributed by atoms with E-state index in [9.17, 15) is 0 Å². The van der Waals surface area contributed by atoms with Gasteiger partial charge >= 0.3 is 0 Å². The molecule has 1 aliphatic rings. The summed E-state index contributed by atoms with van der Waals surface area (Å²) in [6.07, 6.45) is 6.54. The molecule has 0 aromatic rings. The molecule has 0 saturated carbocycles. The lowest BCUT2D eigenvalue weighted by Crippen LogP contribution is -2.41. The number of hydrogen-bond acceptors (Lipinski definition) is 3. The van der Waals surface area contributed by atoms with Gasteiger partial charge in [-0.25, -0.2) is 0 Å². The first-order valence-corrected chi connectivity index (χ1v) is 6.32. The fraction of sp³-hybridized carbons (Fsp3) is 1.00. The van der Waals surface area contributed by atoms with Crippen LogP contribution >= 0.6 is 0 Å². The van der Waals surface area contributed by atoms with E-state index < -0.39 is 0 Å². The summed E-state index contributed by atoms with van der Waals surface area (Å²) >= 11 is 0. The third-order valence-corrected chi connectivity index (χ3v) is 3.14. The lowest BCUT2D eigenvalue weighted by atomic mass is 10.0. The average molecular weight is 214 g/mol. The van der Waals surface area contributed by atoms with E-state index in [1.165, 1.54) is 38.6 Å². The van der Waals surface area contributed by atoms with Gasteiger partial charge in [0.15, 0.2) is 0 Å². The van der Waals surface area contributed by atoms with Crippen LogP contribution in [0.25, 0.3) is 0 Å². The Hall–Kier alpha value is -0.120. The summed E-state index contributed by atoms with van der Waals surface area (Å²) in [5, 5.41) is 16.0. The Bertz CT molecular complexity index is 156. The van der Waals surface area contributed by atoms with Gasteiger partial charge in [-0.15, -0.1) is 0 Å². The summed E-state index contributed by atoms with van der Waals surface area (Å²) in [4.78, 5) is 0. The van der Waals surface area contributed by atoms with Crippen LogP contribution in [0.15, 0.2) is 0 Å². The van der Waals surface area contributed by atoms with Crippen molar-refractivity contribution < 1.29 is 5.11 Å². The number of hydrogen-bond donors (Lipinski definition) is 3. The third-order valence-electron chi connectivity index (χ3n) is 3.14. The highest BCUT2D eigenvalue weighted by Crippen LogP contribution is 2.12. The van der Waals surface area contributed by atoms with Gasteiger partial charge in [0.05, 0.1) is 6.61 Å². The van der Waals surface area contributed by atoms with Crippen molar-refractivity contribution in [3.8, 4) is 0 Å². The first kappa shape index (κ1) is 12.9. The molecule has 0 spiro atoms. The fourth-order valence-electron chi connectivity index (χ4n) is 2.34. The SMILES string of the molecule is CC(CO)NC(C)CC1CCCCCN1. The maximum Gasteiger partial charge on any atom is 0.0582 e. The lowest BCUT2D eigenvalue weighted by Gasteiger charge is -2.23. The summed E-state index contributed by atoms with van der Waals surface area (Å²) in [7, 11) is 0. The molecular weight excluding hydrogens is 188 g/mol. The van der Waals surface area contributed by atoms with Crippen LogP contribution in [-0.4, -0.2) is 36.4 Å². The molecule has 3 atom stereocenters. The second kappa shape index (κ2) is 7.20. The highest BCUT2D eigenvalue weighted by molar-refractivity contribution is 4.77. The molecule has 0 amide bonds. The summed E-state index contributed by atoms with van der Waals surface area (Å²) in [5.41, 5.74) is 0. The Morgan fingerprint density at radius 3 is 2.80 bits per heavy atom. The van der Waals surface area contributed by atoms with Gasteiger partial charge in [-0.2, -0.15) is 0 Å². The third kappa shape index (κ3) is 5.50. The normalized spacial score (nSPS) is 27.0. The Morgan fingerprint density at radius 1 is 1.27 bits per heavy atom. The Morgan fingerprint density at radius 2 is 2.07 bits per heavy atom. The summed E-state index contributed by atoms with van der Waals surface area (Å²) < 4.78 is 0. The highest BCUT2D eigenvalue weighted by Gasteiger charge is 2.15. The van der Waals surface area contributed by atoms with Gasteiger partial charge in [0.25, 0.3) is 0 Å². The van der Waals surface area contributed by atoms with Gasteiger partial charge in [0.2, 0.25) is 0 Å². The Kier molecular flexibility index (Phi) is 6.22. The Balaban J connectivity index is 2.20. The van der Waals surface area contributed by atoms with E-state index >= 15 is 0 Å². The fourth-order valence-corrected chi connectivity index (χ4v) is 2.34. The smallest absolute Gasteiger partial charge is 0.0582 e. The first-order chi connectivity index (χ1) is 7.22. The van der Waals surface area contributed by atoms with Crippen molar-refractivity contribution in [1.29, 1.82) is 0 Å². The van der Waals surface area contributed by atoms with Crippen LogP contribution in [0.1, 0.15) is 46.0 Å². The number of aliphatic hydroxyl groups is 1. The molecule has 0 radical (unpaired) electrons. The topological polar surface area (TPSA) is 44.3 Å². The zero-order chi connectivity index (χ0) is 11.1. The number of aliphatic hydroxyl groups excluding tert-OH is 1. The molecule has 3 heteroatoms. The van der Waals surface area contributed by atoms with Crippen molar-refractivity contribution in [1.82, 2.24) is 10.6 Å². The van der Waals surface area contributed by atoms with Crippen LogP contribution in [0.3, 0.4) is 0 Å². The van der Waals surface area contributed by atoms with Gasteiger partial charge in [0.1, 0.15) is 0 Å². The molecule has 1 fully saturated rings. The molecule has 3 unspecified atom stereocenters. The van der Waals surface area contributed by atoms with Gasteiger partial charge in [-0.1, -0.05) is 12.8 Å². The second-order valence-corrected chi connectivity index (χ2v) is 4.89. The first-order valence-electron chi connectivity index (χ1n) is 6.32. The van der Waals surface area contributed by atoms with Gasteiger partial charge in [-0.3, -0.25) is 0 Å². The molecule has 0 aromatic heterocycles. The van der Waals surface area contributed by atoms with E-state index in [0.717, 1.165) is 0 Å². The molecule has 1 heterocycles. The molecule has 1 saturated heterocycles. The van der Waals surface area contributed by atoms with E-state index in [1.807, 2.05) is 6.92 Å². The quantitative estimate of drug-likeness (QED) is 0.646. The van der Waals surface area contributed by atoms with Gasteiger partial charge < -0.3 is 15.7 Å². The van der Waals surface area contributed by atoms with Gasteiger partial charge in [-0.05, 0) is 39.7 Å². The van der Waals surface area contributed by atoms with Crippen LogP contribution < -0.4 is 10.6 Å². The van der Waals surface area contributed by atoms with Crippen LogP contribution in [0.4, 0.5) is 0 Å². The zero-order valence-corrected chi connectivity index (χ0v) is 10.1. The summed E-state index contributed by atoms with van der Waals surface area (Å²) in [5.74, 6) is 0. The van der Waals surface area contributed by atoms with Crippen LogP contribution in [0.5, 0.6) is 0 Å². The molecule has 0 aliphatic carbocycles. The zero-order valence-electron chi connectivity index (χ0n) is 10.1. The molecular formula is C12H26N2O. The lowest BCUT2D eigenvalue weighted by molar-refractivity contribution is 0.237. The standard InChI is InChI=1S/C12H26N2O/c1-10(14-11(2)9-15)8-12-6-4-3-5-7-13-12/h10-15H,3-9H2,1-2H3. The minimum Gasteiger partial charge on any atom is -0.395 e. The molecule has 3 nitrogen and oxygen atoms in total. The summed E-state index contributed by atoms with van der Waals surface area (Å²) in [6.45, 7) is 5.63. The van der Waals surface area contributed by atoms with Crippen molar-refractivity contribution in [2.75, 3.05) is 13.2 Å². The van der Waals surface area contributed by atoms with Crippen molar-refractivity contribution in [2.45, 2.75) is 64.1 Å². The van der Waals surface area contributed by atoms with E-state index in [4.69, 9.17) is 5.11 Å². The van der Waals surface area contributed by atoms with Crippen molar-refractivity contribution in [3.05, 3.63) is 0 Å². The predicted octanol–water partition coefficient (Wildman–Crippen LogP) is 1.27. The Labute approximate surface area is 93.6 Å². The van der Waals surface area contributed by atoms with Crippen LogP contribution in [0, 0.1) is 0 Å². The van der Waals surface area contributed by atoms with Gasteiger partial charge in [0, 0.05) is 18.1 Å². The van der Waals surface area contributed by atoms with Crippen molar-refractivity contribution in [2.24, 2.45) is 0 Å². The monoisotopic (exact) mass is 214 g/mol. The molecule has 3 N–H and O–H groups in total. The van der Waals surface area contributed by atoms with Crippen LogP contribution in [-0.2, 0) is 0 Å². The molecule has 0 aromatic carbocycles. The van der Waals surface area contributed by atoms with E-state index in [-0.39, 0.29) is 12.6 Å². The maximum absolute atomic E-state index is 8.96. The molecule has 90 valence electrons. The highest BCUT2D eigenvalue weighted by atomic mass is 16.3. The molecule has 1 rings (SSSR count).